The molecule has 30 heavy (non-hydrogen) atoms. The van der Waals surface area contributed by atoms with Crippen LogP contribution in [0.2, 0.25) is 0 Å². The molecule has 3 atom stereocenters. The smallest absolute Gasteiger partial charge is 0.223 e. The number of aliphatic hydroxyl groups excluding tert-OH is 1. The van der Waals surface area contributed by atoms with Crippen molar-refractivity contribution in [2.45, 2.75) is 31.9 Å². The van der Waals surface area contributed by atoms with Crippen molar-refractivity contribution in [1.82, 2.24) is 15.5 Å². The fourth-order valence-corrected chi connectivity index (χ4v) is 4.56. The van der Waals surface area contributed by atoms with E-state index in [9.17, 15) is 9.90 Å². The lowest BCUT2D eigenvalue weighted by Crippen LogP contribution is -2.35. The van der Waals surface area contributed by atoms with Crippen molar-refractivity contribution in [2.24, 2.45) is 5.92 Å². The van der Waals surface area contributed by atoms with Gasteiger partial charge in [0.25, 0.3) is 0 Å². The van der Waals surface area contributed by atoms with Gasteiger partial charge >= 0.3 is 0 Å². The number of carbonyl (C=O) groups is 1. The number of amides is 1. The molecular formula is C24H26N4O2. The van der Waals surface area contributed by atoms with Crippen molar-refractivity contribution < 1.29 is 9.90 Å². The van der Waals surface area contributed by atoms with E-state index in [1.807, 2.05) is 54.3 Å². The van der Waals surface area contributed by atoms with Gasteiger partial charge in [-0.05, 0) is 37.3 Å². The molecule has 1 aliphatic carbocycles. The summed E-state index contributed by atoms with van der Waals surface area (Å²) in [5.74, 6) is 0.575. The van der Waals surface area contributed by atoms with E-state index in [4.69, 9.17) is 0 Å². The number of H-pyrrole nitrogens is 1. The third-order valence-electron chi connectivity index (χ3n) is 6.25. The minimum Gasteiger partial charge on any atom is -0.369 e. The van der Waals surface area contributed by atoms with E-state index < -0.39 is 6.23 Å². The summed E-state index contributed by atoms with van der Waals surface area (Å²) in [4.78, 5) is 14.5. The maximum absolute atomic E-state index is 12.5. The van der Waals surface area contributed by atoms with Gasteiger partial charge in [-0.3, -0.25) is 9.89 Å². The Bertz CT molecular complexity index is 1060. The molecule has 1 aromatic heterocycles. The van der Waals surface area contributed by atoms with E-state index >= 15 is 0 Å². The molecule has 2 aliphatic rings. The number of benzene rings is 2. The minimum absolute atomic E-state index is 0.0878. The maximum Gasteiger partial charge on any atom is 0.223 e. The van der Waals surface area contributed by atoms with Gasteiger partial charge in [-0.25, -0.2) is 0 Å². The number of para-hydroxylation sites is 1. The van der Waals surface area contributed by atoms with Gasteiger partial charge < -0.3 is 15.3 Å². The fourth-order valence-electron chi connectivity index (χ4n) is 4.56. The summed E-state index contributed by atoms with van der Waals surface area (Å²) < 4.78 is 0. The van der Waals surface area contributed by atoms with Crippen LogP contribution in [0.5, 0.6) is 0 Å². The number of fused-ring (bicyclic) bond motifs is 3. The molecule has 3 aromatic rings. The molecule has 1 aliphatic heterocycles. The third-order valence-corrected chi connectivity index (χ3v) is 6.25. The zero-order valence-electron chi connectivity index (χ0n) is 17.0. The number of carbonyl (C=O) groups excluding carboxylic acids is 1. The second-order valence-electron chi connectivity index (χ2n) is 8.20. The number of anilines is 1. The molecular weight excluding hydrogens is 376 g/mol. The predicted octanol–water partition coefficient (Wildman–Crippen LogP) is 3.51. The highest BCUT2D eigenvalue weighted by atomic mass is 16.3. The first-order valence-electron chi connectivity index (χ1n) is 10.6. The number of aromatic amines is 1. The number of nitrogens with one attached hydrogen (secondary N) is 2. The largest absolute Gasteiger partial charge is 0.369 e. The van der Waals surface area contributed by atoms with E-state index in [1.165, 1.54) is 5.56 Å². The highest BCUT2D eigenvalue weighted by Crippen LogP contribution is 2.47. The molecule has 0 radical (unpaired) electrons. The Kier molecular flexibility index (Phi) is 4.79. The van der Waals surface area contributed by atoms with Crippen LogP contribution < -0.4 is 10.2 Å². The first kappa shape index (κ1) is 18.9. The Morgan fingerprint density at radius 1 is 1.20 bits per heavy atom. The quantitative estimate of drug-likeness (QED) is 0.551. The number of aliphatic hydroxyl groups is 1. The third kappa shape index (κ3) is 3.27. The Labute approximate surface area is 175 Å². The number of aromatic nitrogens is 2. The van der Waals surface area contributed by atoms with Crippen LogP contribution in [-0.4, -0.2) is 34.3 Å². The van der Waals surface area contributed by atoms with Crippen molar-refractivity contribution in [3.63, 3.8) is 0 Å². The number of rotatable bonds is 6. The second-order valence-corrected chi connectivity index (χ2v) is 8.20. The van der Waals surface area contributed by atoms with Gasteiger partial charge in [-0.15, -0.1) is 0 Å². The van der Waals surface area contributed by atoms with Crippen molar-refractivity contribution in [3.05, 3.63) is 71.4 Å². The van der Waals surface area contributed by atoms with Crippen LogP contribution in [0.4, 0.5) is 5.69 Å². The highest BCUT2D eigenvalue weighted by Gasteiger charge is 2.43. The number of aryl methyl sites for hydroxylation is 1. The summed E-state index contributed by atoms with van der Waals surface area (Å²) in [6.45, 7) is 3.18. The normalized spacial score (nSPS) is 21.7. The molecule has 2 aromatic carbocycles. The zero-order chi connectivity index (χ0) is 20.7. The number of hydrogen-bond acceptors (Lipinski definition) is 4. The molecule has 2 heterocycles. The number of nitrogens with zero attached hydrogens (tertiary/aromatic N) is 2. The number of hydrogen-bond donors (Lipinski definition) is 3. The first-order chi connectivity index (χ1) is 14.6. The average molecular weight is 402 g/mol. The summed E-state index contributed by atoms with van der Waals surface area (Å²) in [5, 5.41) is 21.5. The van der Waals surface area contributed by atoms with Gasteiger partial charge in [0.05, 0.1) is 0 Å². The SMILES string of the molecule is Cc1[nH]nc2c1C(O)N(CCCNC(=O)C1CC1c1ccccc1)c1ccccc1-2. The summed E-state index contributed by atoms with van der Waals surface area (Å²) in [6, 6.07) is 18.3. The Hall–Kier alpha value is -3.12. The Balaban J connectivity index is 1.19. The van der Waals surface area contributed by atoms with Crippen LogP contribution in [0.25, 0.3) is 11.3 Å². The summed E-state index contributed by atoms with van der Waals surface area (Å²) in [5.41, 5.74) is 5.78. The molecule has 154 valence electrons. The molecule has 0 bridgehead atoms. The van der Waals surface area contributed by atoms with Crippen molar-refractivity contribution >= 4 is 11.6 Å². The lowest BCUT2D eigenvalue weighted by molar-refractivity contribution is -0.122. The lowest BCUT2D eigenvalue weighted by atomic mass is 9.97. The molecule has 0 saturated heterocycles. The van der Waals surface area contributed by atoms with Crippen LogP contribution in [0.15, 0.2) is 54.6 Å². The van der Waals surface area contributed by atoms with Crippen LogP contribution in [-0.2, 0) is 4.79 Å². The van der Waals surface area contributed by atoms with Crippen LogP contribution >= 0.6 is 0 Å². The van der Waals surface area contributed by atoms with Gasteiger partial charge in [0, 0.05) is 41.5 Å². The molecule has 0 spiro atoms. The monoisotopic (exact) mass is 402 g/mol. The fraction of sp³-hybridized carbons (Fsp3) is 0.333. The standard InChI is InChI=1S/C24H26N4O2/c1-15-21-22(27-26-15)17-10-5-6-11-20(17)28(24(21)30)13-7-12-25-23(29)19-14-18(19)16-8-3-2-4-9-16/h2-6,8-11,18-19,24,30H,7,12-14H2,1H3,(H,25,29)(H,26,27). The van der Waals surface area contributed by atoms with E-state index in [2.05, 4.69) is 27.6 Å². The van der Waals surface area contributed by atoms with Crippen molar-refractivity contribution in [3.8, 4) is 11.3 Å². The first-order valence-corrected chi connectivity index (χ1v) is 10.6. The Morgan fingerprint density at radius 2 is 1.97 bits per heavy atom. The van der Waals surface area contributed by atoms with Crippen LogP contribution in [0, 0.1) is 12.8 Å². The topological polar surface area (TPSA) is 81.2 Å². The molecule has 3 unspecified atom stereocenters. The lowest BCUT2D eigenvalue weighted by Gasteiger charge is -2.35. The van der Waals surface area contributed by atoms with Crippen molar-refractivity contribution in [2.75, 3.05) is 18.0 Å². The summed E-state index contributed by atoms with van der Waals surface area (Å²) >= 11 is 0. The average Bonchev–Trinajstić information content (AvgIpc) is 3.49. The molecule has 1 fully saturated rings. The van der Waals surface area contributed by atoms with Gasteiger partial charge in [0.15, 0.2) is 6.23 Å². The molecule has 5 rings (SSSR count). The summed E-state index contributed by atoms with van der Waals surface area (Å²) in [7, 11) is 0. The van der Waals surface area contributed by atoms with E-state index in [0.717, 1.165) is 41.0 Å². The van der Waals surface area contributed by atoms with Gasteiger partial charge in [-0.2, -0.15) is 5.10 Å². The van der Waals surface area contributed by atoms with Crippen molar-refractivity contribution in [1.29, 1.82) is 0 Å². The molecule has 6 heteroatoms. The predicted molar refractivity (Wildman–Crippen MR) is 116 cm³/mol. The summed E-state index contributed by atoms with van der Waals surface area (Å²) in [6.07, 6.45) is 0.943. The molecule has 6 nitrogen and oxygen atoms in total. The van der Waals surface area contributed by atoms with E-state index in [0.29, 0.717) is 19.0 Å². The highest BCUT2D eigenvalue weighted by molar-refractivity contribution is 5.83. The molecule has 1 amide bonds. The minimum atomic E-state index is -0.741. The maximum atomic E-state index is 12.5. The molecule has 1 saturated carbocycles. The van der Waals surface area contributed by atoms with Crippen LogP contribution in [0.1, 0.15) is 41.8 Å². The van der Waals surface area contributed by atoms with Gasteiger partial charge in [-0.1, -0.05) is 48.5 Å². The zero-order valence-corrected chi connectivity index (χ0v) is 17.0. The van der Waals surface area contributed by atoms with Gasteiger partial charge in [0.2, 0.25) is 5.91 Å². The molecule has 3 N–H and O–H groups in total. The van der Waals surface area contributed by atoms with E-state index in [1.54, 1.807) is 0 Å². The second kappa shape index (κ2) is 7.61. The van der Waals surface area contributed by atoms with Crippen LogP contribution in [0.3, 0.4) is 0 Å². The van der Waals surface area contributed by atoms with E-state index in [-0.39, 0.29) is 11.8 Å². The van der Waals surface area contributed by atoms with Gasteiger partial charge in [0.1, 0.15) is 5.69 Å². The Morgan fingerprint density at radius 3 is 2.80 bits per heavy atom.